The van der Waals surface area contributed by atoms with E-state index in [0.29, 0.717) is 12.8 Å². The molecule has 0 aromatic heterocycles. The maximum absolute atomic E-state index is 11.7. The number of esters is 1. The molecule has 0 unspecified atom stereocenters. The van der Waals surface area contributed by atoms with Gasteiger partial charge in [-0.3, -0.25) is 4.79 Å². The van der Waals surface area contributed by atoms with Crippen molar-refractivity contribution in [2.24, 2.45) is 0 Å². The van der Waals surface area contributed by atoms with Crippen molar-refractivity contribution >= 4 is 17.8 Å². The minimum atomic E-state index is -1.08. The largest absolute Gasteiger partial charge is 0.480 e. The lowest BCUT2D eigenvalue weighted by Gasteiger charge is -2.24. The first-order chi connectivity index (χ1) is 7.72. The van der Waals surface area contributed by atoms with Gasteiger partial charge in [0.05, 0.1) is 0 Å². The third-order valence-electron chi connectivity index (χ3n) is 2.37. The van der Waals surface area contributed by atoms with Gasteiger partial charge < -0.3 is 14.7 Å². The maximum Gasteiger partial charge on any atom is 0.397 e. The molecule has 0 aliphatic carbocycles. The zero-order valence-electron chi connectivity index (χ0n) is 10.2. The van der Waals surface area contributed by atoms with Crippen LogP contribution in [-0.2, 0) is 19.1 Å². The van der Waals surface area contributed by atoms with Crippen molar-refractivity contribution in [1.82, 2.24) is 4.90 Å². The number of hydrogen-bond acceptors (Lipinski definition) is 4. The van der Waals surface area contributed by atoms with Gasteiger partial charge in [-0.25, -0.2) is 9.59 Å². The fraction of sp³-hybridized carbons (Fsp3) is 0.727. The molecule has 6 nitrogen and oxygen atoms in total. The van der Waals surface area contributed by atoms with E-state index in [1.54, 1.807) is 20.8 Å². The summed E-state index contributed by atoms with van der Waals surface area (Å²) >= 11 is 0. The molecular formula is C11H17NO5. The van der Waals surface area contributed by atoms with Crippen LogP contribution in [0, 0.1) is 0 Å². The molecule has 1 aliphatic heterocycles. The minimum Gasteiger partial charge on any atom is -0.480 e. The Morgan fingerprint density at radius 3 is 2.35 bits per heavy atom. The summed E-state index contributed by atoms with van der Waals surface area (Å²) in [5.74, 6) is -2.95. The normalized spacial score (nSPS) is 20.2. The van der Waals surface area contributed by atoms with Crippen molar-refractivity contribution in [3.05, 3.63) is 0 Å². The Hall–Kier alpha value is -1.59. The molecule has 0 saturated carbocycles. The average molecular weight is 243 g/mol. The van der Waals surface area contributed by atoms with Crippen LogP contribution in [0.5, 0.6) is 0 Å². The summed E-state index contributed by atoms with van der Waals surface area (Å²) in [7, 11) is 0. The van der Waals surface area contributed by atoms with Gasteiger partial charge in [0.2, 0.25) is 0 Å². The summed E-state index contributed by atoms with van der Waals surface area (Å²) in [6.45, 7) is 5.24. The van der Waals surface area contributed by atoms with E-state index in [1.165, 1.54) is 0 Å². The Morgan fingerprint density at radius 2 is 1.88 bits per heavy atom. The van der Waals surface area contributed by atoms with Crippen molar-refractivity contribution in [2.45, 2.75) is 45.3 Å². The molecule has 1 rings (SSSR count). The van der Waals surface area contributed by atoms with Crippen molar-refractivity contribution in [3.63, 3.8) is 0 Å². The molecule has 0 spiro atoms. The Bertz CT molecular complexity index is 344. The van der Waals surface area contributed by atoms with E-state index in [0.717, 1.165) is 4.90 Å². The fourth-order valence-electron chi connectivity index (χ4n) is 1.71. The van der Waals surface area contributed by atoms with Gasteiger partial charge in [0, 0.05) is 6.54 Å². The minimum absolute atomic E-state index is 0.287. The number of aliphatic carboxylic acids is 1. The summed E-state index contributed by atoms with van der Waals surface area (Å²) in [5, 5.41) is 8.90. The number of nitrogens with zero attached hydrogens (tertiary/aromatic N) is 1. The molecule has 1 atom stereocenters. The second kappa shape index (κ2) is 4.73. The molecule has 1 amide bonds. The zero-order valence-corrected chi connectivity index (χ0v) is 10.2. The first kappa shape index (κ1) is 13.5. The summed E-state index contributed by atoms with van der Waals surface area (Å²) < 4.78 is 4.92. The fourth-order valence-corrected chi connectivity index (χ4v) is 1.71. The molecule has 0 aromatic carbocycles. The first-order valence-corrected chi connectivity index (χ1v) is 5.49. The summed E-state index contributed by atoms with van der Waals surface area (Å²) in [4.78, 5) is 35.2. The topological polar surface area (TPSA) is 83.9 Å². The van der Waals surface area contributed by atoms with Crippen LogP contribution in [0.2, 0.25) is 0 Å². The van der Waals surface area contributed by atoms with Crippen LogP contribution >= 0.6 is 0 Å². The van der Waals surface area contributed by atoms with Gasteiger partial charge in [-0.1, -0.05) is 0 Å². The highest BCUT2D eigenvalue weighted by atomic mass is 16.6. The molecule has 1 N–H and O–H groups in total. The Kier molecular flexibility index (Phi) is 3.75. The van der Waals surface area contributed by atoms with Gasteiger partial charge >= 0.3 is 17.8 Å². The molecule has 1 aliphatic rings. The number of carbonyl (C=O) groups is 3. The smallest absolute Gasteiger partial charge is 0.397 e. The van der Waals surface area contributed by atoms with E-state index in [-0.39, 0.29) is 6.54 Å². The van der Waals surface area contributed by atoms with E-state index in [1.807, 2.05) is 0 Å². The Morgan fingerprint density at radius 1 is 1.29 bits per heavy atom. The maximum atomic E-state index is 11.7. The number of ether oxygens (including phenoxy) is 1. The van der Waals surface area contributed by atoms with Crippen LogP contribution in [0.15, 0.2) is 0 Å². The standard InChI is InChI=1S/C11H17NO5/c1-11(2,3)17-10(16)8(13)12-6-4-5-7(12)9(14)15/h7H,4-6H2,1-3H3,(H,14,15)/t7-/m0/s1. The third-order valence-corrected chi connectivity index (χ3v) is 2.37. The number of likely N-dealkylation sites (tertiary alicyclic amines) is 1. The lowest BCUT2D eigenvalue weighted by molar-refractivity contribution is -0.169. The highest BCUT2D eigenvalue weighted by Crippen LogP contribution is 2.18. The van der Waals surface area contributed by atoms with E-state index in [4.69, 9.17) is 9.84 Å². The molecular weight excluding hydrogens is 226 g/mol. The number of hydrogen-bond donors (Lipinski definition) is 1. The van der Waals surface area contributed by atoms with E-state index >= 15 is 0 Å². The Labute approximate surface area is 99.5 Å². The number of amides is 1. The van der Waals surface area contributed by atoms with Crippen molar-refractivity contribution in [1.29, 1.82) is 0 Å². The second-order valence-electron chi connectivity index (χ2n) is 5.00. The lowest BCUT2D eigenvalue weighted by atomic mass is 10.2. The Balaban J connectivity index is 2.70. The molecule has 6 heteroatoms. The monoisotopic (exact) mass is 243 g/mol. The third kappa shape index (κ3) is 3.44. The molecule has 1 saturated heterocycles. The zero-order chi connectivity index (χ0) is 13.2. The lowest BCUT2D eigenvalue weighted by Crippen LogP contribution is -2.45. The van der Waals surface area contributed by atoms with E-state index in [2.05, 4.69) is 0 Å². The van der Waals surface area contributed by atoms with E-state index in [9.17, 15) is 14.4 Å². The predicted octanol–water partition coefficient (Wildman–Crippen LogP) is 0.404. The highest BCUT2D eigenvalue weighted by Gasteiger charge is 2.38. The number of rotatable bonds is 1. The second-order valence-corrected chi connectivity index (χ2v) is 5.00. The van der Waals surface area contributed by atoms with Crippen molar-refractivity contribution in [3.8, 4) is 0 Å². The number of carbonyl (C=O) groups excluding carboxylic acids is 2. The first-order valence-electron chi connectivity index (χ1n) is 5.49. The molecule has 0 bridgehead atoms. The quantitative estimate of drug-likeness (QED) is 0.532. The van der Waals surface area contributed by atoms with Gasteiger partial charge in [0.1, 0.15) is 11.6 Å². The van der Waals surface area contributed by atoms with Crippen molar-refractivity contribution in [2.75, 3.05) is 6.54 Å². The SMILES string of the molecule is CC(C)(C)OC(=O)C(=O)N1CCC[C@H]1C(=O)O. The van der Waals surface area contributed by atoms with Crippen molar-refractivity contribution < 1.29 is 24.2 Å². The van der Waals surface area contributed by atoms with Gasteiger partial charge in [-0.2, -0.15) is 0 Å². The highest BCUT2D eigenvalue weighted by molar-refractivity contribution is 6.33. The number of carboxylic acids is 1. The summed E-state index contributed by atoms with van der Waals surface area (Å²) in [5.41, 5.74) is -0.759. The van der Waals surface area contributed by atoms with Gasteiger partial charge in [0.25, 0.3) is 0 Å². The molecule has 1 heterocycles. The van der Waals surface area contributed by atoms with Gasteiger partial charge in [-0.05, 0) is 33.6 Å². The molecule has 0 radical (unpaired) electrons. The van der Waals surface area contributed by atoms with Crippen LogP contribution in [0.1, 0.15) is 33.6 Å². The van der Waals surface area contributed by atoms with Gasteiger partial charge in [0.15, 0.2) is 0 Å². The van der Waals surface area contributed by atoms with Gasteiger partial charge in [-0.15, -0.1) is 0 Å². The van der Waals surface area contributed by atoms with E-state index < -0.39 is 29.5 Å². The molecule has 96 valence electrons. The van der Waals surface area contributed by atoms with Crippen LogP contribution in [0.25, 0.3) is 0 Å². The molecule has 1 fully saturated rings. The average Bonchev–Trinajstić information content (AvgIpc) is 2.61. The van der Waals surface area contributed by atoms with Crippen LogP contribution < -0.4 is 0 Å². The molecule has 0 aromatic rings. The van der Waals surface area contributed by atoms with Crippen LogP contribution in [0.3, 0.4) is 0 Å². The molecule has 17 heavy (non-hydrogen) atoms. The summed E-state index contributed by atoms with van der Waals surface area (Å²) in [6.07, 6.45) is 0.968. The van der Waals surface area contributed by atoms with Crippen LogP contribution in [-0.4, -0.2) is 46.0 Å². The van der Waals surface area contributed by atoms with Crippen LogP contribution in [0.4, 0.5) is 0 Å². The summed E-state index contributed by atoms with van der Waals surface area (Å²) in [6, 6.07) is -0.907. The predicted molar refractivity (Wildman–Crippen MR) is 58.2 cm³/mol. The number of carboxylic acid groups (broad SMARTS) is 1.